The maximum atomic E-state index is 5.99. The molecule has 5 heteroatoms. The highest BCUT2D eigenvalue weighted by atomic mass is 79.9. The van der Waals surface area contributed by atoms with Crippen molar-refractivity contribution in [1.82, 2.24) is 4.98 Å². The molecule has 0 amide bonds. The molecule has 0 unspecified atom stereocenters. The zero-order valence-corrected chi connectivity index (χ0v) is 11.4. The van der Waals surface area contributed by atoms with Gasteiger partial charge in [0.25, 0.3) is 0 Å². The predicted octanol–water partition coefficient (Wildman–Crippen LogP) is 3.76. The van der Waals surface area contributed by atoms with Gasteiger partial charge in [-0.2, -0.15) is 0 Å². The van der Waals surface area contributed by atoms with Crippen molar-refractivity contribution in [1.29, 1.82) is 0 Å². The van der Waals surface area contributed by atoms with E-state index in [1.165, 1.54) is 0 Å². The van der Waals surface area contributed by atoms with Crippen molar-refractivity contribution >= 4 is 33.2 Å². The Kier molecular flexibility index (Phi) is 3.54. The van der Waals surface area contributed by atoms with Crippen molar-refractivity contribution < 1.29 is 4.74 Å². The van der Waals surface area contributed by atoms with Gasteiger partial charge in [-0.05, 0) is 33.6 Å². The zero-order chi connectivity index (χ0) is 12.4. The minimum atomic E-state index is 0.356. The predicted molar refractivity (Wildman–Crippen MR) is 73.3 cm³/mol. The Morgan fingerprint density at radius 3 is 2.88 bits per heavy atom. The van der Waals surface area contributed by atoms with Gasteiger partial charge in [0.05, 0.1) is 17.3 Å². The second-order valence-corrected chi connectivity index (χ2v) is 4.57. The van der Waals surface area contributed by atoms with E-state index in [9.17, 15) is 0 Å². The van der Waals surface area contributed by atoms with Crippen LogP contribution in [0.4, 0.5) is 5.69 Å². The average Bonchev–Trinajstić information content (AvgIpc) is 2.36. The van der Waals surface area contributed by atoms with E-state index >= 15 is 0 Å². The first-order chi connectivity index (χ1) is 8.13. The number of anilines is 1. The highest BCUT2D eigenvalue weighted by molar-refractivity contribution is 9.10. The number of aromatic nitrogens is 1. The highest BCUT2D eigenvalue weighted by Crippen LogP contribution is 2.35. The number of nitrogen functional groups attached to an aromatic ring is 1. The Balaban J connectivity index is 2.56. The van der Waals surface area contributed by atoms with E-state index in [1.807, 2.05) is 24.3 Å². The van der Waals surface area contributed by atoms with Crippen molar-refractivity contribution in [3.05, 3.63) is 40.1 Å². The van der Waals surface area contributed by atoms with Crippen LogP contribution in [-0.2, 0) is 0 Å². The monoisotopic (exact) mass is 312 g/mol. The summed E-state index contributed by atoms with van der Waals surface area (Å²) in [6.45, 7) is 0. The fraction of sp³-hybridized carbons (Fsp3) is 0.0833. The van der Waals surface area contributed by atoms with Gasteiger partial charge >= 0.3 is 0 Å². The van der Waals surface area contributed by atoms with Crippen LogP contribution in [0, 0.1) is 0 Å². The quantitative estimate of drug-likeness (QED) is 0.859. The van der Waals surface area contributed by atoms with Gasteiger partial charge in [0.2, 0.25) is 0 Å². The van der Waals surface area contributed by atoms with Crippen LogP contribution in [-0.4, -0.2) is 12.1 Å². The van der Waals surface area contributed by atoms with E-state index in [2.05, 4.69) is 20.9 Å². The lowest BCUT2D eigenvalue weighted by molar-refractivity contribution is 0.415. The van der Waals surface area contributed by atoms with Gasteiger partial charge in [0.15, 0.2) is 0 Å². The number of halogens is 2. The number of hydrogen-bond acceptors (Lipinski definition) is 3. The molecule has 0 radical (unpaired) electrons. The van der Waals surface area contributed by atoms with Gasteiger partial charge in [-0.3, -0.25) is 0 Å². The summed E-state index contributed by atoms with van der Waals surface area (Å²) >= 11 is 9.18. The Morgan fingerprint density at radius 2 is 2.18 bits per heavy atom. The number of nitrogens with two attached hydrogens (primary N) is 1. The standard InChI is InChI=1S/C12H10BrClN2O/c1-17-8-4-2-3-7(5-8)9-6-16-12(14)10(13)11(9)15/h2-6H,1H3,(H2,15,16). The summed E-state index contributed by atoms with van der Waals surface area (Å²) in [5.41, 5.74) is 8.32. The molecule has 17 heavy (non-hydrogen) atoms. The third kappa shape index (κ3) is 2.37. The second kappa shape index (κ2) is 4.94. The minimum Gasteiger partial charge on any atom is -0.497 e. The first-order valence-corrected chi connectivity index (χ1v) is 6.04. The summed E-state index contributed by atoms with van der Waals surface area (Å²) in [7, 11) is 1.62. The Bertz CT molecular complexity index is 560. The third-order valence-electron chi connectivity index (χ3n) is 2.40. The molecule has 88 valence electrons. The van der Waals surface area contributed by atoms with Crippen LogP contribution in [0.1, 0.15) is 0 Å². The number of ether oxygens (including phenoxy) is 1. The van der Waals surface area contributed by atoms with Crippen molar-refractivity contribution in [2.45, 2.75) is 0 Å². The van der Waals surface area contributed by atoms with Crippen LogP contribution >= 0.6 is 27.5 Å². The summed E-state index contributed by atoms with van der Waals surface area (Å²) < 4.78 is 5.78. The van der Waals surface area contributed by atoms with Crippen LogP contribution in [0.5, 0.6) is 5.75 Å². The van der Waals surface area contributed by atoms with Crippen LogP contribution < -0.4 is 10.5 Å². The van der Waals surface area contributed by atoms with Gasteiger partial charge in [0, 0.05) is 11.8 Å². The fourth-order valence-corrected chi connectivity index (χ4v) is 1.96. The van der Waals surface area contributed by atoms with Crippen LogP contribution in [0.25, 0.3) is 11.1 Å². The zero-order valence-electron chi connectivity index (χ0n) is 9.08. The van der Waals surface area contributed by atoms with Gasteiger partial charge in [-0.15, -0.1) is 0 Å². The number of methoxy groups -OCH3 is 1. The first-order valence-electron chi connectivity index (χ1n) is 4.87. The molecule has 0 saturated heterocycles. The lowest BCUT2D eigenvalue weighted by Crippen LogP contribution is -1.94. The minimum absolute atomic E-state index is 0.356. The first kappa shape index (κ1) is 12.2. The maximum absolute atomic E-state index is 5.99. The largest absolute Gasteiger partial charge is 0.497 e. The molecule has 1 aromatic carbocycles. The summed E-state index contributed by atoms with van der Waals surface area (Å²) in [6.07, 6.45) is 1.65. The Hall–Kier alpha value is -1.26. The van der Waals surface area contributed by atoms with E-state index in [-0.39, 0.29) is 0 Å². The third-order valence-corrected chi connectivity index (χ3v) is 3.71. The molecule has 0 spiro atoms. The molecule has 2 N–H and O–H groups in total. The molecule has 0 atom stereocenters. The smallest absolute Gasteiger partial charge is 0.145 e. The molecule has 1 aromatic heterocycles. The number of rotatable bonds is 2. The Morgan fingerprint density at radius 1 is 1.41 bits per heavy atom. The summed E-state index contributed by atoms with van der Waals surface area (Å²) in [5, 5.41) is 0.356. The molecule has 3 nitrogen and oxygen atoms in total. The molecule has 0 aliphatic heterocycles. The topological polar surface area (TPSA) is 48.1 Å². The van der Waals surface area contributed by atoms with Crippen LogP contribution in [0.2, 0.25) is 5.15 Å². The second-order valence-electron chi connectivity index (χ2n) is 3.42. The summed E-state index contributed by atoms with van der Waals surface area (Å²) in [6, 6.07) is 7.61. The molecule has 0 aliphatic carbocycles. The lowest BCUT2D eigenvalue weighted by atomic mass is 10.1. The van der Waals surface area contributed by atoms with Gasteiger partial charge < -0.3 is 10.5 Å². The summed E-state index contributed by atoms with van der Waals surface area (Å²) in [4.78, 5) is 4.07. The van der Waals surface area contributed by atoms with E-state index < -0.39 is 0 Å². The van der Waals surface area contributed by atoms with E-state index in [1.54, 1.807) is 13.3 Å². The maximum Gasteiger partial charge on any atom is 0.145 e. The van der Waals surface area contributed by atoms with E-state index in [4.69, 9.17) is 22.1 Å². The molecule has 0 fully saturated rings. The number of nitrogens with zero attached hydrogens (tertiary/aromatic N) is 1. The van der Waals surface area contributed by atoms with Crippen LogP contribution in [0.15, 0.2) is 34.9 Å². The van der Waals surface area contributed by atoms with Crippen molar-refractivity contribution in [3.8, 4) is 16.9 Å². The Labute approximate surface area is 113 Å². The van der Waals surface area contributed by atoms with Gasteiger partial charge in [-0.25, -0.2) is 4.98 Å². The normalized spacial score (nSPS) is 10.3. The molecule has 0 aliphatic rings. The lowest BCUT2D eigenvalue weighted by Gasteiger charge is -2.09. The summed E-state index contributed by atoms with van der Waals surface area (Å²) in [5.74, 6) is 0.771. The highest BCUT2D eigenvalue weighted by Gasteiger charge is 2.10. The molecule has 0 saturated carbocycles. The fourth-order valence-electron chi connectivity index (χ4n) is 1.50. The van der Waals surface area contributed by atoms with Crippen molar-refractivity contribution in [2.24, 2.45) is 0 Å². The van der Waals surface area contributed by atoms with E-state index in [0.29, 0.717) is 15.3 Å². The average molecular weight is 314 g/mol. The number of benzene rings is 1. The molecule has 0 bridgehead atoms. The van der Waals surface area contributed by atoms with Crippen molar-refractivity contribution in [3.63, 3.8) is 0 Å². The molecule has 1 heterocycles. The molecule has 2 rings (SSSR count). The molecular formula is C12H10BrClN2O. The van der Waals surface area contributed by atoms with Crippen molar-refractivity contribution in [2.75, 3.05) is 12.8 Å². The van der Waals surface area contributed by atoms with Gasteiger partial charge in [0.1, 0.15) is 10.9 Å². The van der Waals surface area contributed by atoms with Gasteiger partial charge in [-0.1, -0.05) is 23.7 Å². The molecule has 2 aromatic rings. The molecular weight excluding hydrogens is 304 g/mol. The SMILES string of the molecule is COc1cccc(-c2cnc(Cl)c(Br)c2N)c1. The van der Waals surface area contributed by atoms with E-state index in [0.717, 1.165) is 16.9 Å². The van der Waals surface area contributed by atoms with Crippen LogP contribution in [0.3, 0.4) is 0 Å². The number of hydrogen-bond donors (Lipinski definition) is 1. The number of pyridine rings is 1.